The molecule has 2 aromatic rings. The van der Waals surface area contributed by atoms with Gasteiger partial charge in [0.1, 0.15) is 6.61 Å². The molecule has 1 fully saturated rings. The first-order valence-corrected chi connectivity index (χ1v) is 11.0. The van der Waals surface area contributed by atoms with Gasteiger partial charge in [-0.1, -0.05) is 36.4 Å². The number of hydrogen-bond acceptors (Lipinski definition) is 5. The first-order chi connectivity index (χ1) is 15.3. The molecule has 1 N–H and O–H groups in total. The van der Waals surface area contributed by atoms with Gasteiger partial charge < -0.3 is 24.4 Å². The highest BCUT2D eigenvalue weighted by atomic mass is 127. The number of pyridine rings is 1. The van der Waals surface area contributed by atoms with Crippen LogP contribution < -0.4 is 10.1 Å². The lowest BCUT2D eigenvalue weighted by Crippen LogP contribution is -2.40. The van der Waals surface area contributed by atoms with Gasteiger partial charge in [-0.2, -0.15) is 0 Å². The van der Waals surface area contributed by atoms with Gasteiger partial charge in [-0.15, -0.1) is 24.0 Å². The Morgan fingerprint density at radius 1 is 1.16 bits per heavy atom. The second-order valence-corrected chi connectivity index (χ2v) is 7.62. The summed E-state index contributed by atoms with van der Waals surface area (Å²) in [5.74, 6) is 2.08. The summed E-state index contributed by atoms with van der Waals surface area (Å²) in [5, 5.41) is 3.42. The summed E-state index contributed by atoms with van der Waals surface area (Å²) in [6, 6.07) is 14.2. The molecule has 1 aliphatic heterocycles. The maximum Gasteiger partial charge on any atom is 0.213 e. The lowest BCUT2D eigenvalue weighted by Gasteiger charge is -2.21. The standard InChI is InChI=1S/C24H34N4O3.HI/c1-3-25-24(27-16-21-9-10-23(26-15-21)31-14-13-29-2)28-12-11-22(17-28)19-30-18-20-7-5-4-6-8-20;/h4-10,15,22H,3,11-14,16-19H2,1-2H3,(H,25,27);1H. The van der Waals surface area contributed by atoms with E-state index in [-0.39, 0.29) is 24.0 Å². The van der Waals surface area contributed by atoms with Crippen LogP contribution in [0.15, 0.2) is 53.7 Å². The topological polar surface area (TPSA) is 68.2 Å². The van der Waals surface area contributed by atoms with E-state index in [1.165, 1.54) is 5.56 Å². The molecule has 1 aromatic carbocycles. The number of nitrogens with zero attached hydrogens (tertiary/aromatic N) is 3. The van der Waals surface area contributed by atoms with Crippen LogP contribution in [-0.4, -0.2) is 62.4 Å². The van der Waals surface area contributed by atoms with Crippen LogP contribution >= 0.6 is 24.0 Å². The van der Waals surface area contributed by atoms with Crippen LogP contribution in [0.1, 0.15) is 24.5 Å². The highest BCUT2D eigenvalue weighted by Crippen LogP contribution is 2.18. The van der Waals surface area contributed by atoms with Gasteiger partial charge in [0.05, 0.1) is 26.4 Å². The van der Waals surface area contributed by atoms with Crippen molar-refractivity contribution in [2.75, 3.05) is 46.6 Å². The molecule has 1 unspecified atom stereocenters. The smallest absolute Gasteiger partial charge is 0.213 e. The molecular weight excluding hydrogens is 519 g/mol. The van der Waals surface area contributed by atoms with Crippen LogP contribution in [0.2, 0.25) is 0 Å². The lowest BCUT2D eigenvalue weighted by molar-refractivity contribution is 0.0906. The Kier molecular flexibility index (Phi) is 12.4. The predicted octanol–water partition coefficient (Wildman–Crippen LogP) is 3.73. The number of aromatic nitrogens is 1. The number of halogens is 1. The fourth-order valence-electron chi connectivity index (χ4n) is 3.49. The molecule has 1 aliphatic rings. The van der Waals surface area contributed by atoms with Crippen molar-refractivity contribution in [1.82, 2.24) is 15.2 Å². The molecule has 0 saturated carbocycles. The van der Waals surface area contributed by atoms with E-state index in [2.05, 4.69) is 34.3 Å². The fraction of sp³-hybridized carbons (Fsp3) is 0.500. The van der Waals surface area contributed by atoms with Crippen LogP contribution in [0.4, 0.5) is 0 Å². The van der Waals surface area contributed by atoms with Gasteiger partial charge in [-0.25, -0.2) is 9.98 Å². The molecule has 1 atom stereocenters. The van der Waals surface area contributed by atoms with Gasteiger partial charge >= 0.3 is 0 Å². The quantitative estimate of drug-likeness (QED) is 0.198. The second-order valence-electron chi connectivity index (χ2n) is 7.62. The van der Waals surface area contributed by atoms with Crippen LogP contribution in [0.25, 0.3) is 0 Å². The Balaban J connectivity index is 0.00000363. The highest BCUT2D eigenvalue weighted by Gasteiger charge is 2.25. The Labute approximate surface area is 208 Å². The predicted molar refractivity (Wildman–Crippen MR) is 138 cm³/mol. The second kappa shape index (κ2) is 15.0. The number of methoxy groups -OCH3 is 1. The average Bonchev–Trinajstić information content (AvgIpc) is 3.27. The van der Waals surface area contributed by atoms with E-state index < -0.39 is 0 Å². The molecule has 32 heavy (non-hydrogen) atoms. The third kappa shape index (κ3) is 8.91. The van der Waals surface area contributed by atoms with Crippen molar-refractivity contribution in [3.8, 4) is 5.88 Å². The van der Waals surface area contributed by atoms with E-state index in [1.807, 2.05) is 36.5 Å². The normalized spacial score (nSPS) is 16.0. The minimum atomic E-state index is 0. The Hall–Kier alpha value is -1.91. The summed E-state index contributed by atoms with van der Waals surface area (Å²) in [5.41, 5.74) is 2.27. The molecular formula is C24H35IN4O3. The average molecular weight is 554 g/mol. The summed E-state index contributed by atoms with van der Waals surface area (Å²) >= 11 is 0. The molecule has 8 heteroatoms. The maximum absolute atomic E-state index is 5.95. The molecule has 1 aromatic heterocycles. The van der Waals surface area contributed by atoms with Crippen molar-refractivity contribution in [2.45, 2.75) is 26.5 Å². The third-order valence-corrected chi connectivity index (χ3v) is 5.13. The van der Waals surface area contributed by atoms with Crippen molar-refractivity contribution in [2.24, 2.45) is 10.9 Å². The fourth-order valence-corrected chi connectivity index (χ4v) is 3.49. The molecule has 0 amide bonds. The molecule has 2 heterocycles. The van der Waals surface area contributed by atoms with Crippen LogP contribution in [0.5, 0.6) is 5.88 Å². The summed E-state index contributed by atoms with van der Waals surface area (Å²) in [6.45, 7) is 7.97. The van der Waals surface area contributed by atoms with Gasteiger partial charge in [0.15, 0.2) is 5.96 Å². The number of rotatable bonds is 11. The minimum absolute atomic E-state index is 0. The van der Waals surface area contributed by atoms with Crippen molar-refractivity contribution >= 4 is 29.9 Å². The molecule has 1 saturated heterocycles. The van der Waals surface area contributed by atoms with E-state index in [0.29, 0.717) is 38.2 Å². The van der Waals surface area contributed by atoms with Crippen LogP contribution in [-0.2, 0) is 22.6 Å². The maximum atomic E-state index is 5.95. The number of hydrogen-bond donors (Lipinski definition) is 1. The van der Waals surface area contributed by atoms with Crippen molar-refractivity contribution in [1.29, 1.82) is 0 Å². The summed E-state index contributed by atoms with van der Waals surface area (Å²) in [6.07, 6.45) is 2.94. The molecule has 3 rings (SSSR count). The minimum Gasteiger partial charge on any atom is -0.475 e. The molecule has 176 valence electrons. The van der Waals surface area contributed by atoms with Gasteiger partial charge in [0.25, 0.3) is 0 Å². The SMILES string of the molecule is CCNC(=NCc1ccc(OCCOC)nc1)N1CCC(COCc2ccccc2)C1.I. The number of guanidine groups is 1. The number of aliphatic imine (C=N–C) groups is 1. The van der Waals surface area contributed by atoms with E-state index in [9.17, 15) is 0 Å². The van der Waals surface area contributed by atoms with Crippen molar-refractivity contribution in [3.05, 3.63) is 59.8 Å². The summed E-state index contributed by atoms with van der Waals surface area (Å²) in [4.78, 5) is 11.5. The van der Waals surface area contributed by atoms with Crippen LogP contribution in [0, 0.1) is 5.92 Å². The van der Waals surface area contributed by atoms with Gasteiger partial charge in [-0.3, -0.25) is 0 Å². The zero-order valence-corrected chi connectivity index (χ0v) is 21.4. The van der Waals surface area contributed by atoms with Gasteiger partial charge in [0, 0.05) is 44.9 Å². The summed E-state index contributed by atoms with van der Waals surface area (Å²) in [7, 11) is 1.65. The van der Waals surface area contributed by atoms with E-state index >= 15 is 0 Å². The van der Waals surface area contributed by atoms with E-state index in [1.54, 1.807) is 7.11 Å². The van der Waals surface area contributed by atoms with Crippen molar-refractivity contribution < 1.29 is 14.2 Å². The monoisotopic (exact) mass is 554 g/mol. The molecule has 0 spiro atoms. The molecule has 7 nitrogen and oxygen atoms in total. The number of benzene rings is 1. The lowest BCUT2D eigenvalue weighted by atomic mass is 10.1. The number of likely N-dealkylation sites (tertiary alicyclic amines) is 1. The van der Waals surface area contributed by atoms with Crippen LogP contribution in [0.3, 0.4) is 0 Å². The zero-order chi connectivity index (χ0) is 21.7. The zero-order valence-electron chi connectivity index (χ0n) is 19.0. The van der Waals surface area contributed by atoms with E-state index in [4.69, 9.17) is 19.2 Å². The van der Waals surface area contributed by atoms with Gasteiger partial charge in [0.2, 0.25) is 5.88 Å². The van der Waals surface area contributed by atoms with Crippen molar-refractivity contribution in [3.63, 3.8) is 0 Å². The molecule has 0 radical (unpaired) electrons. The first-order valence-electron chi connectivity index (χ1n) is 11.0. The highest BCUT2D eigenvalue weighted by molar-refractivity contribution is 14.0. The van der Waals surface area contributed by atoms with Gasteiger partial charge in [-0.05, 0) is 24.5 Å². The number of nitrogens with one attached hydrogen (secondary N) is 1. The number of ether oxygens (including phenoxy) is 3. The molecule has 0 aliphatic carbocycles. The first kappa shape index (κ1) is 26.3. The Morgan fingerprint density at radius 2 is 2.00 bits per heavy atom. The summed E-state index contributed by atoms with van der Waals surface area (Å²) < 4.78 is 16.5. The molecule has 0 bridgehead atoms. The van der Waals surface area contributed by atoms with E-state index in [0.717, 1.165) is 44.2 Å². The Morgan fingerprint density at radius 3 is 2.72 bits per heavy atom. The third-order valence-electron chi connectivity index (χ3n) is 5.13. The largest absolute Gasteiger partial charge is 0.475 e. The Bertz CT molecular complexity index is 790.